The number of nitrogens with zero attached hydrogens (tertiary/aromatic N) is 2. The molecule has 176 valence electrons. The van der Waals surface area contributed by atoms with Crippen LogP contribution in [0.25, 0.3) is 0 Å². The first kappa shape index (κ1) is 23.5. The summed E-state index contributed by atoms with van der Waals surface area (Å²) < 4.78 is 36.0. The van der Waals surface area contributed by atoms with Gasteiger partial charge in [0.2, 0.25) is 5.78 Å². The highest BCUT2D eigenvalue weighted by molar-refractivity contribution is 7.84. The number of hydrogen-bond donors (Lipinski definition) is 3. The summed E-state index contributed by atoms with van der Waals surface area (Å²) in [7, 11) is -2.70. The molecule has 3 atom stereocenters. The number of anilines is 1. The second kappa shape index (κ2) is 9.69. The van der Waals surface area contributed by atoms with Crippen LogP contribution in [-0.2, 0) is 20.9 Å². The van der Waals surface area contributed by atoms with Crippen molar-refractivity contribution in [3.8, 4) is 0 Å². The van der Waals surface area contributed by atoms with Crippen LogP contribution in [0.4, 0.5) is 5.82 Å². The number of hydrogen-bond acceptors (Lipinski definition) is 10. The number of aryl methyl sites for hydroxylation is 1. The summed E-state index contributed by atoms with van der Waals surface area (Å²) in [5.41, 5.74) is 1.26. The van der Waals surface area contributed by atoms with Crippen LogP contribution < -0.4 is 10.0 Å². The van der Waals surface area contributed by atoms with Crippen LogP contribution in [0.3, 0.4) is 0 Å². The predicted molar refractivity (Wildman–Crippen MR) is 122 cm³/mol. The van der Waals surface area contributed by atoms with Gasteiger partial charge < -0.3 is 14.8 Å². The Hall–Kier alpha value is -2.64. The second-order valence-corrected chi connectivity index (χ2v) is 10.2. The van der Waals surface area contributed by atoms with E-state index in [2.05, 4.69) is 20.0 Å². The van der Waals surface area contributed by atoms with Gasteiger partial charge in [-0.15, -0.1) is 11.3 Å². The van der Waals surface area contributed by atoms with Gasteiger partial charge in [-0.2, -0.15) is 13.1 Å². The predicted octanol–water partition coefficient (Wildman–Crippen LogP) is 2.05. The van der Waals surface area contributed by atoms with Crippen molar-refractivity contribution in [3.05, 3.63) is 63.6 Å². The van der Waals surface area contributed by atoms with Crippen molar-refractivity contribution in [3.63, 3.8) is 0 Å². The molecule has 0 saturated heterocycles. The van der Waals surface area contributed by atoms with Crippen LogP contribution in [0, 0.1) is 6.92 Å². The zero-order valence-corrected chi connectivity index (χ0v) is 19.6. The van der Waals surface area contributed by atoms with E-state index in [0.717, 1.165) is 17.1 Å². The van der Waals surface area contributed by atoms with E-state index in [0.29, 0.717) is 22.7 Å². The van der Waals surface area contributed by atoms with E-state index in [1.54, 1.807) is 0 Å². The third kappa shape index (κ3) is 5.65. The van der Waals surface area contributed by atoms with Crippen LogP contribution in [0.1, 0.15) is 45.2 Å². The fourth-order valence-corrected chi connectivity index (χ4v) is 5.21. The summed E-state index contributed by atoms with van der Waals surface area (Å²) in [4.78, 5) is 21.9. The number of thiophene rings is 1. The molecule has 3 aromatic rings. The van der Waals surface area contributed by atoms with E-state index < -0.39 is 22.5 Å². The highest BCUT2D eigenvalue weighted by atomic mass is 32.2. The van der Waals surface area contributed by atoms with E-state index in [4.69, 9.17) is 8.60 Å². The molecule has 33 heavy (non-hydrogen) atoms. The number of ketones is 1. The summed E-state index contributed by atoms with van der Waals surface area (Å²) in [6.07, 6.45) is 1.95. The lowest BCUT2D eigenvalue weighted by atomic mass is 10.1. The summed E-state index contributed by atoms with van der Waals surface area (Å²) in [5, 5.41) is 15.3. The summed E-state index contributed by atoms with van der Waals surface area (Å²) >= 11 is 1.33. The minimum atomic E-state index is -3.93. The maximum atomic E-state index is 13.2. The lowest BCUT2D eigenvalue weighted by Crippen LogP contribution is -2.31. The van der Waals surface area contributed by atoms with Crippen LogP contribution in [0.15, 0.2) is 40.5 Å². The highest BCUT2D eigenvalue weighted by Crippen LogP contribution is 2.29. The summed E-state index contributed by atoms with van der Waals surface area (Å²) in [6.45, 7) is 1.88. The Bertz CT molecular complexity index is 1240. The van der Waals surface area contributed by atoms with E-state index in [1.165, 1.54) is 30.9 Å². The number of aliphatic hydroxyl groups is 1. The Balaban J connectivity index is 1.46. The Morgan fingerprint density at radius 2 is 2.18 bits per heavy atom. The molecule has 1 fully saturated rings. The second-order valence-electron chi connectivity index (χ2n) is 7.80. The Morgan fingerprint density at radius 1 is 1.36 bits per heavy atom. The van der Waals surface area contributed by atoms with Crippen molar-refractivity contribution in [2.75, 3.05) is 12.4 Å². The van der Waals surface area contributed by atoms with Gasteiger partial charge in [-0.3, -0.25) is 8.98 Å². The van der Waals surface area contributed by atoms with Gasteiger partial charge in [0, 0.05) is 25.7 Å². The molecule has 0 unspecified atom stereocenters. The zero-order chi connectivity index (χ0) is 23.6. The van der Waals surface area contributed by atoms with Crippen LogP contribution in [0.2, 0.25) is 0 Å². The maximum absolute atomic E-state index is 13.2. The van der Waals surface area contributed by atoms with Crippen molar-refractivity contribution in [1.29, 1.82) is 0 Å². The number of furan rings is 1. The quantitative estimate of drug-likeness (QED) is 0.382. The lowest BCUT2D eigenvalue weighted by molar-refractivity contribution is 0.0636. The molecule has 0 bridgehead atoms. The van der Waals surface area contributed by atoms with Crippen molar-refractivity contribution in [2.24, 2.45) is 0 Å². The zero-order valence-electron chi connectivity index (χ0n) is 18.0. The van der Waals surface area contributed by atoms with Crippen molar-refractivity contribution < 1.29 is 26.9 Å². The van der Waals surface area contributed by atoms with E-state index in [1.807, 2.05) is 30.5 Å². The fraction of sp³-hybridized carbons (Fsp3) is 0.381. The molecule has 1 aliphatic rings. The average Bonchev–Trinajstić information content (AvgIpc) is 3.49. The number of nitrogens with one attached hydrogen (secondary N) is 2. The monoisotopic (exact) mass is 492 g/mol. The minimum absolute atomic E-state index is 0.228. The molecule has 10 nitrogen and oxygen atoms in total. The number of aromatic nitrogens is 2. The Kier molecular flexibility index (Phi) is 6.91. The van der Waals surface area contributed by atoms with E-state index in [-0.39, 0.29) is 24.7 Å². The van der Waals surface area contributed by atoms with Crippen LogP contribution >= 0.6 is 11.3 Å². The number of rotatable bonds is 9. The van der Waals surface area contributed by atoms with Gasteiger partial charge in [0.05, 0.1) is 16.5 Å². The average molecular weight is 493 g/mol. The van der Waals surface area contributed by atoms with E-state index in [9.17, 15) is 18.3 Å². The molecule has 0 amide bonds. The molecule has 3 heterocycles. The lowest BCUT2D eigenvalue weighted by Gasteiger charge is -2.15. The molecule has 0 aromatic carbocycles. The number of aliphatic hydroxyl groups excluding tert-OH is 1. The Morgan fingerprint density at radius 3 is 2.91 bits per heavy atom. The first-order valence-electron chi connectivity index (χ1n) is 10.3. The number of carbonyl (C=O) groups excluding carboxylic acids is 1. The molecule has 3 N–H and O–H groups in total. The molecule has 0 spiro atoms. The minimum Gasteiger partial charge on any atom is -0.466 e. The third-order valence-electron chi connectivity index (χ3n) is 5.32. The number of carbonyl (C=O) groups is 1. The molecule has 0 aliphatic heterocycles. The Labute approximate surface area is 195 Å². The summed E-state index contributed by atoms with van der Waals surface area (Å²) in [5.74, 6) is 1.75. The molecule has 12 heteroatoms. The third-order valence-corrected chi connectivity index (χ3v) is 7.30. The van der Waals surface area contributed by atoms with Gasteiger partial charge in [-0.25, -0.2) is 9.97 Å². The van der Waals surface area contributed by atoms with Gasteiger partial charge >= 0.3 is 10.3 Å². The maximum Gasteiger partial charge on any atom is 0.335 e. The van der Waals surface area contributed by atoms with Crippen molar-refractivity contribution >= 4 is 33.2 Å². The molecule has 4 rings (SSSR count). The standard InChI is InChI=1S/C21H24N4O6S2/c1-12-3-4-15(30-12)5-13-6-19(32-10-13)20(27)16-9-23-11-24-21(16)25-14-7-17(26)18(8-14)31-33(28,29)22-2/h3-4,6,9-11,14,17-18,22,26H,5,7-8H2,1-2H3,(H,23,24,25)/t14-,17+,18-/m1/s1. The van der Waals surface area contributed by atoms with Gasteiger partial charge in [0.25, 0.3) is 0 Å². The molecular formula is C21H24N4O6S2. The fourth-order valence-electron chi connectivity index (χ4n) is 3.71. The first-order valence-corrected chi connectivity index (χ1v) is 12.6. The van der Waals surface area contributed by atoms with Crippen LogP contribution in [0.5, 0.6) is 0 Å². The SMILES string of the molecule is CNS(=O)(=O)O[C@@H]1C[C@H](Nc2ncncc2C(=O)c2cc(Cc3ccc(C)o3)cs2)C[C@@H]1O. The molecule has 1 aliphatic carbocycles. The van der Waals surface area contributed by atoms with Gasteiger partial charge in [-0.05, 0) is 48.9 Å². The molecule has 0 radical (unpaired) electrons. The smallest absolute Gasteiger partial charge is 0.335 e. The molecular weight excluding hydrogens is 468 g/mol. The van der Waals surface area contributed by atoms with E-state index >= 15 is 0 Å². The largest absolute Gasteiger partial charge is 0.466 e. The topological polar surface area (TPSA) is 144 Å². The normalized spacial score (nSPS) is 20.8. The van der Waals surface area contributed by atoms with Crippen molar-refractivity contribution in [2.45, 2.75) is 44.4 Å². The van der Waals surface area contributed by atoms with Gasteiger partial charge in [0.1, 0.15) is 29.8 Å². The van der Waals surface area contributed by atoms with Crippen molar-refractivity contribution in [1.82, 2.24) is 14.7 Å². The first-order chi connectivity index (χ1) is 15.7. The van der Waals surface area contributed by atoms with Crippen LogP contribution in [-0.4, -0.2) is 54.6 Å². The molecule has 1 saturated carbocycles. The highest BCUT2D eigenvalue weighted by Gasteiger charge is 2.37. The van der Waals surface area contributed by atoms with Gasteiger partial charge in [-0.1, -0.05) is 0 Å². The summed E-state index contributed by atoms with van der Waals surface area (Å²) in [6, 6.07) is 5.31. The van der Waals surface area contributed by atoms with Gasteiger partial charge in [0.15, 0.2) is 0 Å². The molecule has 3 aromatic heterocycles.